The number of aromatic nitrogens is 1. The predicted octanol–water partition coefficient (Wildman–Crippen LogP) is 1.83. The lowest BCUT2D eigenvalue weighted by atomic mass is 10.2. The second-order valence-electron chi connectivity index (χ2n) is 3.82. The number of hydrogen-bond acceptors (Lipinski definition) is 4. The molecule has 0 aliphatic heterocycles. The van der Waals surface area contributed by atoms with Crippen LogP contribution in [-0.2, 0) is 0 Å². The van der Waals surface area contributed by atoms with Crippen LogP contribution in [0.5, 0.6) is 0 Å². The molecule has 0 aliphatic rings. The van der Waals surface area contributed by atoms with E-state index in [1.54, 1.807) is 12.1 Å². The van der Waals surface area contributed by atoms with Crippen molar-refractivity contribution in [1.82, 2.24) is 4.98 Å². The number of nitrogens with one attached hydrogen (secondary N) is 1. The van der Waals surface area contributed by atoms with Crippen LogP contribution in [0, 0.1) is 18.3 Å². The van der Waals surface area contributed by atoms with E-state index in [-0.39, 0.29) is 6.10 Å². The van der Waals surface area contributed by atoms with Crippen molar-refractivity contribution in [1.29, 1.82) is 5.26 Å². The molecule has 1 aromatic heterocycles. The summed E-state index contributed by atoms with van der Waals surface area (Å²) in [7, 11) is 0. The standard InChI is InChI=1S/C12H17N3O/c1-3-4-11(16)8-14-12-6-10(7-13)5-9(2)15-12/h5-6,11,16H,3-4,8H2,1-2H3,(H,14,15). The number of aryl methyl sites for hydroxylation is 1. The Balaban J connectivity index is 2.60. The molecule has 0 amide bonds. The van der Waals surface area contributed by atoms with E-state index >= 15 is 0 Å². The highest BCUT2D eigenvalue weighted by Crippen LogP contribution is 2.09. The van der Waals surface area contributed by atoms with Gasteiger partial charge in [0.05, 0.1) is 17.7 Å². The van der Waals surface area contributed by atoms with Gasteiger partial charge in [0, 0.05) is 12.2 Å². The first-order chi connectivity index (χ1) is 7.65. The van der Waals surface area contributed by atoms with Gasteiger partial charge in [-0.25, -0.2) is 4.98 Å². The number of pyridine rings is 1. The highest BCUT2D eigenvalue weighted by molar-refractivity contribution is 5.44. The van der Waals surface area contributed by atoms with Gasteiger partial charge < -0.3 is 10.4 Å². The Labute approximate surface area is 95.9 Å². The lowest BCUT2D eigenvalue weighted by molar-refractivity contribution is 0.176. The fraction of sp³-hybridized carbons (Fsp3) is 0.500. The predicted molar refractivity (Wildman–Crippen MR) is 63.1 cm³/mol. The van der Waals surface area contributed by atoms with Gasteiger partial charge in [-0.3, -0.25) is 0 Å². The normalized spacial score (nSPS) is 11.9. The van der Waals surface area contributed by atoms with Crippen LogP contribution in [0.3, 0.4) is 0 Å². The largest absolute Gasteiger partial charge is 0.391 e. The summed E-state index contributed by atoms with van der Waals surface area (Å²) in [5, 5.41) is 21.4. The second-order valence-corrected chi connectivity index (χ2v) is 3.82. The highest BCUT2D eigenvalue weighted by atomic mass is 16.3. The van der Waals surface area contributed by atoms with E-state index in [0.29, 0.717) is 17.9 Å². The third-order valence-corrected chi connectivity index (χ3v) is 2.22. The monoisotopic (exact) mass is 219 g/mol. The maximum atomic E-state index is 9.55. The van der Waals surface area contributed by atoms with Crippen molar-refractivity contribution < 1.29 is 5.11 Å². The third-order valence-electron chi connectivity index (χ3n) is 2.22. The Morgan fingerprint density at radius 2 is 2.31 bits per heavy atom. The Kier molecular flexibility index (Phi) is 4.74. The van der Waals surface area contributed by atoms with Crippen molar-refractivity contribution in [3.05, 3.63) is 23.4 Å². The van der Waals surface area contributed by atoms with E-state index in [4.69, 9.17) is 5.26 Å². The first kappa shape index (κ1) is 12.5. The number of anilines is 1. The highest BCUT2D eigenvalue weighted by Gasteiger charge is 2.04. The Morgan fingerprint density at radius 3 is 2.94 bits per heavy atom. The number of rotatable bonds is 5. The summed E-state index contributed by atoms with van der Waals surface area (Å²) in [6.07, 6.45) is 1.36. The fourth-order valence-electron chi connectivity index (χ4n) is 1.48. The molecule has 2 N–H and O–H groups in total. The van der Waals surface area contributed by atoms with E-state index in [1.165, 1.54) is 0 Å². The molecular weight excluding hydrogens is 202 g/mol. The molecule has 1 heterocycles. The van der Waals surface area contributed by atoms with Gasteiger partial charge in [0.2, 0.25) is 0 Å². The van der Waals surface area contributed by atoms with Crippen molar-refractivity contribution in [3.63, 3.8) is 0 Å². The summed E-state index contributed by atoms with van der Waals surface area (Å²) >= 11 is 0. The minimum atomic E-state index is -0.363. The summed E-state index contributed by atoms with van der Waals surface area (Å²) in [4.78, 5) is 4.24. The van der Waals surface area contributed by atoms with Crippen molar-refractivity contribution in [2.45, 2.75) is 32.8 Å². The molecule has 1 aromatic rings. The summed E-state index contributed by atoms with van der Waals surface area (Å²) in [5.74, 6) is 0.645. The Morgan fingerprint density at radius 1 is 1.56 bits per heavy atom. The maximum Gasteiger partial charge on any atom is 0.127 e. The number of hydrogen-bond donors (Lipinski definition) is 2. The number of nitrogens with zero attached hydrogens (tertiary/aromatic N) is 2. The quantitative estimate of drug-likeness (QED) is 0.792. The molecule has 1 rings (SSSR count). The molecular formula is C12H17N3O. The van der Waals surface area contributed by atoms with Crippen molar-refractivity contribution >= 4 is 5.82 Å². The molecule has 0 saturated carbocycles. The number of aliphatic hydroxyl groups excluding tert-OH is 1. The zero-order chi connectivity index (χ0) is 12.0. The van der Waals surface area contributed by atoms with Gasteiger partial charge in [-0.1, -0.05) is 13.3 Å². The molecule has 0 fully saturated rings. The van der Waals surface area contributed by atoms with Gasteiger partial charge >= 0.3 is 0 Å². The lowest BCUT2D eigenvalue weighted by Crippen LogP contribution is -2.19. The van der Waals surface area contributed by atoms with Crippen LogP contribution in [0.25, 0.3) is 0 Å². The van der Waals surface area contributed by atoms with Crippen molar-refractivity contribution in [3.8, 4) is 6.07 Å². The first-order valence-electron chi connectivity index (χ1n) is 5.46. The van der Waals surface area contributed by atoms with Crippen molar-refractivity contribution in [2.24, 2.45) is 0 Å². The topological polar surface area (TPSA) is 68.9 Å². The van der Waals surface area contributed by atoms with Crippen LogP contribution < -0.4 is 5.32 Å². The molecule has 16 heavy (non-hydrogen) atoms. The van der Waals surface area contributed by atoms with Gasteiger partial charge in [0.15, 0.2) is 0 Å². The van der Waals surface area contributed by atoms with Gasteiger partial charge in [0.25, 0.3) is 0 Å². The molecule has 0 aliphatic carbocycles. The Hall–Kier alpha value is -1.60. The molecule has 0 aromatic carbocycles. The summed E-state index contributed by atoms with van der Waals surface area (Å²) < 4.78 is 0. The SMILES string of the molecule is CCCC(O)CNc1cc(C#N)cc(C)n1. The zero-order valence-electron chi connectivity index (χ0n) is 9.70. The number of nitriles is 1. The van der Waals surface area contributed by atoms with Crippen LogP contribution in [0.1, 0.15) is 31.0 Å². The van der Waals surface area contributed by atoms with Crippen LogP contribution in [-0.4, -0.2) is 22.7 Å². The van der Waals surface area contributed by atoms with Crippen molar-refractivity contribution in [2.75, 3.05) is 11.9 Å². The van der Waals surface area contributed by atoms with E-state index in [0.717, 1.165) is 18.5 Å². The fourth-order valence-corrected chi connectivity index (χ4v) is 1.48. The average molecular weight is 219 g/mol. The molecule has 1 unspecified atom stereocenters. The maximum absolute atomic E-state index is 9.55. The average Bonchev–Trinajstić information content (AvgIpc) is 2.26. The first-order valence-corrected chi connectivity index (χ1v) is 5.46. The molecule has 0 bridgehead atoms. The molecule has 1 atom stereocenters. The minimum absolute atomic E-state index is 0.363. The van der Waals surface area contributed by atoms with E-state index in [2.05, 4.69) is 16.4 Å². The third kappa shape index (κ3) is 3.87. The van der Waals surface area contributed by atoms with Gasteiger partial charge in [0.1, 0.15) is 5.82 Å². The minimum Gasteiger partial charge on any atom is -0.391 e. The lowest BCUT2D eigenvalue weighted by Gasteiger charge is -2.11. The molecule has 0 saturated heterocycles. The van der Waals surface area contributed by atoms with E-state index in [1.807, 2.05) is 13.8 Å². The van der Waals surface area contributed by atoms with Crippen LogP contribution in [0.15, 0.2) is 12.1 Å². The molecule has 86 valence electrons. The van der Waals surface area contributed by atoms with Gasteiger partial charge in [-0.15, -0.1) is 0 Å². The van der Waals surface area contributed by atoms with E-state index < -0.39 is 0 Å². The van der Waals surface area contributed by atoms with E-state index in [9.17, 15) is 5.11 Å². The Bertz CT molecular complexity index is 384. The number of aliphatic hydroxyl groups is 1. The van der Waals surface area contributed by atoms with Gasteiger partial charge in [-0.2, -0.15) is 5.26 Å². The van der Waals surface area contributed by atoms with Gasteiger partial charge in [-0.05, 0) is 25.5 Å². The molecule has 4 heteroatoms. The smallest absolute Gasteiger partial charge is 0.127 e. The second kappa shape index (κ2) is 6.09. The molecule has 0 radical (unpaired) electrons. The summed E-state index contributed by atoms with van der Waals surface area (Å²) in [5.41, 5.74) is 1.38. The summed E-state index contributed by atoms with van der Waals surface area (Å²) in [6, 6.07) is 5.49. The van der Waals surface area contributed by atoms with Crippen LogP contribution >= 0.6 is 0 Å². The van der Waals surface area contributed by atoms with Crippen LogP contribution in [0.4, 0.5) is 5.82 Å². The molecule has 0 spiro atoms. The molecule has 4 nitrogen and oxygen atoms in total. The van der Waals surface area contributed by atoms with Crippen LogP contribution in [0.2, 0.25) is 0 Å². The summed E-state index contributed by atoms with van der Waals surface area (Å²) in [6.45, 7) is 4.34. The zero-order valence-corrected chi connectivity index (χ0v) is 9.70.